The monoisotopic (exact) mass is 219 g/mol. The highest BCUT2D eigenvalue weighted by molar-refractivity contribution is 5.41. The maximum absolute atomic E-state index is 5.79. The Balaban J connectivity index is 2.89. The maximum atomic E-state index is 5.79. The van der Waals surface area contributed by atoms with Gasteiger partial charge in [-0.3, -0.25) is 0 Å². The van der Waals surface area contributed by atoms with Crippen LogP contribution in [0.5, 0.6) is 0 Å². The fraction of sp³-hybridized carbons (Fsp3) is 0.462. The first-order valence-electron chi connectivity index (χ1n) is 5.65. The van der Waals surface area contributed by atoms with Gasteiger partial charge in [0.25, 0.3) is 0 Å². The Hall–Kier alpha value is -1.35. The predicted octanol–water partition coefficient (Wildman–Crippen LogP) is 2.50. The summed E-state index contributed by atoms with van der Waals surface area (Å²) in [5, 5.41) is 0. The fourth-order valence-corrected chi connectivity index (χ4v) is 1.54. The number of anilines is 1. The molecule has 1 aromatic heterocycles. The molecular weight excluding hydrogens is 198 g/mol. The topological polar surface area (TPSA) is 42.1 Å². The molecule has 0 aliphatic heterocycles. The Bertz CT molecular complexity index is 328. The van der Waals surface area contributed by atoms with E-state index in [1.165, 1.54) is 0 Å². The van der Waals surface area contributed by atoms with Gasteiger partial charge < -0.3 is 10.6 Å². The van der Waals surface area contributed by atoms with Crippen LogP contribution in [0.4, 0.5) is 5.82 Å². The molecule has 1 atom stereocenters. The summed E-state index contributed by atoms with van der Waals surface area (Å²) < 4.78 is 0. The second-order valence-corrected chi connectivity index (χ2v) is 4.27. The van der Waals surface area contributed by atoms with Gasteiger partial charge in [0.1, 0.15) is 5.82 Å². The van der Waals surface area contributed by atoms with Gasteiger partial charge in [-0.1, -0.05) is 12.1 Å². The van der Waals surface area contributed by atoms with Crippen molar-refractivity contribution in [3.05, 3.63) is 36.5 Å². The van der Waals surface area contributed by atoms with Crippen LogP contribution in [0.25, 0.3) is 0 Å². The molecule has 0 aliphatic rings. The van der Waals surface area contributed by atoms with E-state index in [1.54, 1.807) is 0 Å². The zero-order valence-corrected chi connectivity index (χ0v) is 10.4. The van der Waals surface area contributed by atoms with Gasteiger partial charge in [-0.05, 0) is 32.4 Å². The molecule has 0 aliphatic carbocycles. The summed E-state index contributed by atoms with van der Waals surface area (Å²) in [6, 6.07) is 4.49. The molecule has 0 saturated carbocycles. The van der Waals surface area contributed by atoms with Crippen molar-refractivity contribution in [2.75, 3.05) is 11.4 Å². The molecule has 0 amide bonds. The quantitative estimate of drug-likeness (QED) is 0.774. The largest absolute Gasteiger partial charge is 0.350 e. The minimum atomic E-state index is 0.0356. The van der Waals surface area contributed by atoms with Crippen LogP contribution in [-0.2, 0) is 0 Å². The van der Waals surface area contributed by atoms with Gasteiger partial charge in [0.2, 0.25) is 0 Å². The zero-order valence-electron chi connectivity index (χ0n) is 10.4. The third-order valence-corrected chi connectivity index (χ3v) is 2.54. The van der Waals surface area contributed by atoms with Crippen molar-refractivity contribution in [3.8, 4) is 0 Å². The Morgan fingerprint density at radius 3 is 2.50 bits per heavy atom. The molecule has 0 bridgehead atoms. The molecule has 0 saturated heterocycles. The molecule has 1 rings (SSSR count). The molecule has 16 heavy (non-hydrogen) atoms. The van der Waals surface area contributed by atoms with Gasteiger partial charge >= 0.3 is 0 Å². The lowest BCUT2D eigenvalue weighted by atomic mass is 10.1. The lowest BCUT2D eigenvalue weighted by Gasteiger charge is -2.26. The zero-order chi connectivity index (χ0) is 12.1. The van der Waals surface area contributed by atoms with Gasteiger partial charge in [0, 0.05) is 24.8 Å². The van der Waals surface area contributed by atoms with E-state index in [9.17, 15) is 0 Å². The summed E-state index contributed by atoms with van der Waals surface area (Å²) in [6.07, 6.45) is 3.74. The summed E-state index contributed by atoms with van der Waals surface area (Å²) in [6.45, 7) is 10.8. The predicted molar refractivity (Wildman–Crippen MR) is 69.5 cm³/mol. The standard InChI is InChI=1S/C13H21N3/c1-5-8-16(10(2)3)13-7-6-12(9-15-13)11(4)14/h5-7,9-11H,1,8,14H2,2-4H3/t11-/m0/s1. The third kappa shape index (κ3) is 3.07. The average molecular weight is 219 g/mol. The van der Waals surface area contributed by atoms with Crippen molar-refractivity contribution in [1.82, 2.24) is 4.98 Å². The molecule has 3 heteroatoms. The second-order valence-electron chi connectivity index (χ2n) is 4.27. The molecule has 0 unspecified atom stereocenters. The maximum Gasteiger partial charge on any atom is 0.128 e. The number of nitrogens with zero attached hydrogens (tertiary/aromatic N) is 2. The first kappa shape index (κ1) is 12.7. The highest BCUT2D eigenvalue weighted by atomic mass is 15.2. The summed E-state index contributed by atoms with van der Waals surface area (Å²) in [7, 11) is 0. The van der Waals surface area contributed by atoms with Crippen LogP contribution in [0.1, 0.15) is 32.4 Å². The Kier molecular flexibility index (Phi) is 4.50. The lowest BCUT2D eigenvalue weighted by Crippen LogP contribution is -2.31. The molecule has 88 valence electrons. The summed E-state index contributed by atoms with van der Waals surface area (Å²) in [5.74, 6) is 0.972. The number of aromatic nitrogens is 1. The van der Waals surface area contributed by atoms with Crippen LogP contribution < -0.4 is 10.6 Å². The van der Waals surface area contributed by atoms with Gasteiger partial charge in [0.05, 0.1) is 0 Å². The molecular formula is C13H21N3. The average Bonchev–Trinajstić information content (AvgIpc) is 2.25. The highest BCUT2D eigenvalue weighted by Crippen LogP contribution is 2.16. The van der Waals surface area contributed by atoms with E-state index in [2.05, 4.69) is 30.3 Å². The SMILES string of the molecule is C=CCN(c1ccc([C@H](C)N)cn1)C(C)C. The van der Waals surface area contributed by atoms with Crippen LogP contribution in [-0.4, -0.2) is 17.6 Å². The Morgan fingerprint density at radius 1 is 1.44 bits per heavy atom. The first-order chi connectivity index (χ1) is 7.56. The smallest absolute Gasteiger partial charge is 0.128 e. The van der Waals surface area contributed by atoms with E-state index in [4.69, 9.17) is 5.73 Å². The Labute approximate surface area is 98.0 Å². The summed E-state index contributed by atoms with van der Waals surface area (Å²) in [4.78, 5) is 6.63. The molecule has 0 spiro atoms. The lowest BCUT2D eigenvalue weighted by molar-refractivity contribution is 0.710. The minimum Gasteiger partial charge on any atom is -0.350 e. The van der Waals surface area contributed by atoms with Crippen LogP contribution in [0, 0.1) is 0 Å². The number of nitrogens with two attached hydrogens (primary N) is 1. The van der Waals surface area contributed by atoms with Gasteiger partial charge in [-0.2, -0.15) is 0 Å². The van der Waals surface area contributed by atoms with Crippen LogP contribution in [0.15, 0.2) is 31.0 Å². The van der Waals surface area contributed by atoms with Crippen molar-refractivity contribution in [3.63, 3.8) is 0 Å². The van der Waals surface area contributed by atoms with Gasteiger partial charge in [0.15, 0.2) is 0 Å². The van der Waals surface area contributed by atoms with Crippen molar-refractivity contribution < 1.29 is 0 Å². The van der Waals surface area contributed by atoms with E-state index in [-0.39, 0.29) is 6.04 Å². The molecule has 1 heterocycles. The van der Waals surface area contributed by atoms with Crippen molar-refractivity contribution >= 4 is 5.82 Å². The van der Waals surface area contributed by atoms with Gasteiger partial charge in [-0.15, -0.1) is 6.58 Å². The van der Waals surface area contributed by atoms with Crippen LogP contribution in [0.3, 0.4) is 0 Å². The van der Waals surface area contributed by atoms with Crippen LogP contribution >= 0.6 is 0 Å². The summed E-state index contributed by atoms with van der Waals surface area (Å²) >= 11 is 0. The fourth-order valence-electron chi connectivity index (χ4n) is 1.54. The van der Waals surface area contributed by atoms with E-state index < -0.39 is 0 Å². The molecule has 0 fully saturated rings. The van der Waals surface area contributed by atoms with Gasteiger partial charge in [-0.25, -0.2) is 4.98 Å². The molecule has 0 aromatic carbocycles. The van der Waals surface area contributed by atoms with Crippen molar-refractivity contribution in [2.45, 2.75) is 32.9 Å². The Morgan fingerprint density at radius 2 is 2.12 bits per heavy atom. The highest BCUT2D eigenvalue weighted by Gasteiger charge is 2.10. The number of hydrogen-bond acceptors (Lipinski definition) is 3. The van der Waals surface area contributed by atoms with Crippen LogP contribution in [0.2, 0.25) is 0 Å². The normalized spacial score (nSPS) is 12.6. The van der Waals surface area contributed by atoms with Crippen molar-refractivity contribution in [2.24, 2.45) is 5.73 Å². The molecule has 3 nitrogen and oxygen atoms in total. The van der Waals surface area contributed by atoms with E-state index in [0.29, 0.717) is 6.04 Å². The third-order valence-electron chi connectivity index (χ3n) is 2.54. The van der Waals surface area contributed by atoms with E-state index in [0.717, 1.165) is 17.9 Å². The molecule has 1 aromatic rings. The molecule has 2 N–H and O–H groups in total. The second kappa shape index (κ2) is 5.66. The summed E-state index contributed by atoms with van der Waals surface area (Å²) in [5.41, 5.74) is 6.85. The number of pyridine rings is 1. The minimum absolute atomic E-state index is 0.0356. The first-order valence-corrected chi connectivity index (χ1v) is 5.65. The number of hydrogen-bond donors (Lipinski definition) is 1. The number of rotatable bonds is 5. The van der Waals surface area contributed by atoms with E-state index in [1.807, 2.05) is 31.3 Å². The molecule has 0 radical (unpaired) electrons. The van der Waals surface area contributed by atoms with Crippen molar-refractivity contribution in [1.29, 1.82) is 0 Å². The van der Waals surface area contributed by atoms with E-state index >= 15 is 0 Å².